The Morgan fingerprint density at radius 3 is 2.65 bits per heavy atom. The summed E-state index contributed by atoms with van der Waals surface area (Å²) >= 11 is 3.21. The van der Waals surface area contributed by atoms with Gasteiger partial charge in [0.1, 0.15) is 5.82 Å². The SMILES string of the molecule is CC(c1ccccc1)n1c(N)nc2cc(F)c(Br)cc21. The lowest BCUT2D eigenvalue weighted by Gasteiger charge is -2.16. The van der Waals surface area contributed by atoms with Crippen LogP contribution in [0, 0.1) is 5.82 Å². The van der Waals surface area contributed by atoms with Crippen molar-refractivity contribution < 1.29 is 4.39 Å². The molecule has 1 atom stereocenters. The Kier molecular flexibility index (Phi) is 3.22. The van der Waals surface area contributed by atoms with E-state index < -0.39 is 0 Å². The van der Waals surface area contributed by atoms with E-state index in [1.165, 1.54) is 6.07 Å². The molecular weight excluding hydrogens is 321 g/mol. The highest BCUT2D eigenvalue weighted by Crippen LogP contribution is 2.30. The predicted molar refractivity (Wildman–Crippen MR) is 82.1 cm³/mol. The highest BCUT2D eigenvalue weighted by atomic mass is 79.9. The second kappa shape index (κ2) is 4.90. The van der Waals surface area contributed by atoms with Crippen molar-refractivity contribution in [2.24, 2.45) is 0 Å². The zero-order chi connectivity index (χ0) is 14.3. The van der Waals surface area contributed by atoms with Crippen LogP contribution in [0.3, 0.4) is 0 Å². The lowest BCUT2D eigenvalue weighted by atomic mass is 10.1. The van der Waals surface area contributed by atoms with Gasteiger partial charge in [-0.25, -0.2) is 9.37 Å². The van der Waals surface area contributed by atoms with Gasteiger partial charge < -0.3 is 10.3 Å². The summed E-state index contributed by atoms with van der Waals surface area (Å²) in [4.78, 5) is 4.24. The fourth-order valence-electron chi connectivity index (χ4n) is 2.40. The molecule has 3 aromatic rings. The Balaban J connectivity index is 2.21. The van der Waals surface area contributed by atoms with E-state index in [1.807, 2.05) is 41.8 Å². The summed E-state index contributed by atoms with van der Waals surface area (Å²) in [6.07, 6.45) is 0. The van der Waals surface area contributed by atoms with Crippen molar-refractivity contribution in [3.05, 3.63) is 58.3 Å². The van der Waals surface area contributed by atoms with Crippen molar-refractivity contribution in [3.8, 4) is 0 Å². The molecule has 0 spiro atoms. The third-order valence-corrected chi connectivity index (χ3v) is 4.04. The van der Waals surface area contributed by atoms with Crippen molar-refractivity contribution in [2.75, 3.05) is 5.73 Å². The van der Waals surface area contributed by atoms with E-state index >= 15 is 0 Å². The molecule has 2 aromatic carbocycles. The molecule has 0 aliphatic carbocycles. The van der Waals surface area contributed by atoms with Crippen molar-refractivity contribution in [3.63, 3.8) is 0 Å². The van der Waals surface area contributed by atoms with E-state index in [2.05, 4.69) is 20.9 Å². The summed E-state index contributed by atoms with van der Waals surface area (Å²) in [7, 11) is 0. The minimum Gasteiger partial charge on any atom is -0.369 e. The quantitative estimate of drug-likeness (QED) is 0.766. The number of benzene rings is 2. The summed E-state index contributed by atoms with van der Waals surface area (Å²) < 4.78 is 15.9. The largest absolute Gasteiger partial charge is 0.369 e. The van der Waals surface area contributed by atoms with Crippen LogP contribution in [0.2, 0.25) is 0 Å². The van der Waals surface area contributed by atoms with Crippen LogP contribution in [0.5, 0.6) is 0 Å². The number of fused-ring (bicyclic) bond motifs is 1. The summed E-state index contributed by atoms with van der Waals surface area (Å²) in [6, 6.07) is 13.1. The number of aromatic nitrogens is 2. The minimum atomic E-state index is -0.338. The molecule has 0 saturated heterocycles. The number of imidazole rings is 1. The van der Waals surface area contributed by atoms with E-state index in [-0.39, 0.29) is 11.9 Å². The molecule has 0 radical (unpaired) electrons. The van der Waals surface area contributed by atoms with E-state index in [9.17, 15) is 4.39 Å². The summed E-state index contributed by atoms with van der Waals surface area (Å²) in [5, 5.41) is 0. The average Bonchev–Trinajstić information content (AvgIpc) is 2.75. The maximum absolute atomic E-state index is 13.6. The van der Waals surface area contributed by atoms with Gasteiger partial charge in [-0.05, 0) is 34.5 Å². The lowest BCUT2D eigenvalue weighted by Crippen LogP contribution is -2.10. The molecule has 0 fully saturated rings. The number of nitrogens with two attached hydrogens (primary N) is 1. The average molecular weight is 334 g/mol. The first-order valence-corrected chi connectivity index (χ1v) is 7.04. The molecule has 102 valence electrons. The van der Waals surface area contributed by atoms with Gasteiger partial charge in [0, 0.05) is 6.07 Å². The van der Waals surface area contributed by atoms with Gasteiger partial charge in [0.2, 0.25) is 5.95 Å². The maximum Gasteiger partial charge on any atom is 0.201 e. The molecule has 1 unspecified atom stereocenters. The summed E-state index contributed by atoms with van der Waals surface area (Å²) in [5.41, 5.74) is 8.50. The summed E-state index contributed by atoms with van der Waals surface area (Å²) in [6.45, 7) is 2.05. The zero-order valence-corrected chi connectivity index (χ0v) is 12.4. The van der Waals surface area contributed by atoms with Crippen LogP contribution in [-0.2, 0) is 0 Å². The first kappa shape index (κ1) is 13.1. The molecule has 5 heteroatoms. The Morgan fingerprint density at radius 2 is 1.95 bits per heavy atom. The molecule has 3 nitrogen and oxygen atoms in total. The number of hydrogen-bond donors (Lipinski definition) is 1. The maximum atomic E-state index is 13.6. The van der Waals surface area contributed by atoms with Crippen LogP contribution in [0.15, 0.2) is 46.9 Å². The molecular formula is C15H13BrFN3. The Bertz CT molecular complexity index is 768. The first-order chi connectivity index (χ1) is 9.58. The van der Waals surface area contributed by atoms with Gasteiger partial charge in [-0.3, -0.25) is 0 Å². The van der Waals surface area contributed by atoms with Crippen molar-refractivity contribution >= 4 is 32.9 Å². The third-order valence-electron chi connectivity index (χ3n) is 3.43. The van der Waals surface area contributed by atoms with Gasteiger partial charge in [0.15, 0.2) is 0 Å². The number of rotatable bonds is 2. The highest BCUT2D eigenvalue weighted by molar-refractivity contribution is 9.10. The molecule has 0 saturated carbocycles. The minimum absolute atomic E-state index is 0.0264. The third kappa shape index (κ3) is 2.08. The molecule has 0 aliphatic heterocycles. The van der Waals surface area contributed by atoms with Gasteiger partial charge in [-0.15, -0.1) is 0 Å². The molecule has 1 heterocycles. The zero-order valence-electron chi connectivity index (χ0n) is 10.8. The lowest BCUT2D eigenvalue weighted by molar-refractivity contribution is 0.622. The second-order valence-corrected chi connectivity index (χ2v) is 5.54. The summed E-state index contributed by atoms with van der Waals surface area (Å²) in [5.74, 6) is 0.0448. The molecule has 0 aliphatic rings. The van der Waals surface area contributed by atoms with E-state index in [0.717, 1.165) is 11.1 Å². The number of hydrogen-bond acceptors (Lipinski definition) is 2. The molecule has 2 N–H and O–H groups in total. The van der Waals surface area contributed by atoms with Gasteiger partial charge in [0.05, 0.1) is 21.5 Å². The van der Waals surface area contributed by atoms with Crippen molar-refractivity contribution in [2.45, 2.75) is 13.0 Å². The van der Waals surface area contributed by atoms with Crippen LogP contribution < -0.4 is 5.73 Å². The smallest absolute Gasteiger partial charge is 0.201 e. The predicted octanol–water partition coefficient (Wildman–Crippen LogP) is 4.13. The number of halogens is 2. The Labute approximate surface area is 124 Å². The van der Waals surface area contributed by atoms with Crippen LogP contribution in [0.25, 0.3) is 11.0 Å². The van der Waals surface area contributed by atoms with Crippen LogP contribution >= 0.6 is 15.9 Å². The molecule has 20 heavy (non-hydrogen) atoms. The Hall–Kier alpha value is -1.88. The number of nitrogen functional groups attached to an aromatic ring is 1. The van der Waals surface area contributed by atoms with Gasteiger partial charge >= 0.3 is 0 Å². The van der Waals surface area contributed by atoms with Crippen LogP contribution in [0.4, 0.5) is 10.3 Å². The monoisotopic (exact) mass is 333 g/mol. The Morgan fingerprint density at radius 1 is 1.25 bits per heavy atom. The van der Waals surface area contributed by atoms with E-state index in [1.54, 1.807) is 6.07 Å². The molecule has 0 bridgehead atoms. The fraction of sp³-hybridized carbons (Fsp3) is 0.133. The molecule has 0 amide bonds. The van der Waals surface area contributed by atoms with Gasteiger partial charge in [-0.2, -0.15) is 0 Å². The van der Waals surface area contributed by atoms with E-state index in [0.29, 0.717) is 15.9 Å². The van der Waals surface area contributed by atoms with E-state index in [4.69, 9.17) is 5.73 Å². The number of anilines is 1. The van der Waals surface area contributed by atoms with Crippen molar-refractivity contribution in [1.82, 2.24) is 9.55 Å². The first-order valence-electron chi connectivity index (χ1n) is 6.25. The van der Waals surface area contributed by atoms with Gasteiger partial charge in [-0.1, -0.05) is 30.3 Å². The van der Waals surface area contributed by atoms with Crippen molar-refractivity contribution in [1.29, 1.82) is 0 Å². The van der Waals surface area contributed by atoms with Crippen LogP contribution in [0.1, 0.15) is 18.5 Å². The standard InChI is InChI=1S/C15H13BrFN3/c1-9(10-5-3-2-4-6-10)20-14-7-11(16)12(17)8-13(14)19-15(20)18/h2-9H,1H3,(H2,18,19). The fourth-order valence-corrected chi connectivity index (χ4v) is 2.73. The highest BCUT2D eigenvalue weighted by Gasteiger charge is 2.17. The normalized spacial score (nSPS) is 12.8. The topological polar surface area (TPSA) is 43.8 Å². The van der Waals surface area contributed by atoms with Crippen LogP contribution in [-0.4, -0.2) is 9.55 Å². The number of nitrogens with zero attached hydrogens (tertiary/aromatic N) is 2. The molecule has 1 aromatic heterocycles. The second-order valence-electron chi connectivity index (χ2n) is 4.68. The molecule has 3 rings (SSSR count). The van der Waals surface area contributed by atoms with Gasteiger partial charge in [0.25, 0.3) is 0 Å².